The van der Waals surface area contributed by atoms with Crippen molar-refractivity contribution < 1.29 is 19.1 Å². The van der Waals surface area contributed by atoms with Crippen LogP contribution in [0.15, 0.2) is 24.3 Å². The molecule has 1 heterocycles. The van der Waals surface area contributed by atoms with Gasteiger partial charge in [0.2, 0.25) is 0 Å². The third-order valence-corrected chi connectivity index (χ3v) is 5.20. The number of rotatable bonds is 5. The summed E-state index contributed by atoms with van der Waals surface area (Å²) in [4.78, 5) is 38.0. The third kappa shape index (κ3) is 5.69. The summed E-state index contributed by atoms with van der Waals surface area (Å²) in [5, 5.41) is 2.53. The largest absolute Gasteiger partial charge is 0.451 e. The Morgan fingerprint density at radius 2 is 1.92 bits per heavy atom. The first kappa shape index (κ1) is 19.7. The maximum Gasteiger partial charge on any atom is 0.326 e. The Hall–Kier alpha value is -1.64. The SMILES string of the molecule is CC1CCN(C(=O)C(C)OC(=O)CNC(=O)c2ccccc2I)CC1. The van der Waals surface area contributed by atoms with Gasteiger partial charge in [-0.1, -0.05) is 19.1 Å². The quantitative estimate of drug-likeness (QED) is 0.543. The molecule has 1 fully saturated rings. The number of nitrogens with one attached hydrogen (secondary N) is 1. The number of piperidine rings is 1. The van der Waals surface area contributed by atoms with Gasteiger partial charge in [-0.15, -0.1) is 0 Å². The summed E-state index contributed by atoms with van der Waals surface area (Å²) in [6.07, 6.45) is 1.10. The van der Waals surface area contributed by atoms with E-state index in [1.54, 1.807) is 24.0 Å². The van der Waals surface area contributed by atoms with Gasteiger partial charge in [0.15, 0.2) is 6.10 Å². The van der Waals surface area contributed by atoms with Gasteiger partial charge in [-0.05, 0) is 60.4 Å². The molecule has 1 aliphatic heterocycles. The van der Waals surface area contributed by atoms with Crippen molar-refractivity contribution in [3.63, 3.8) is 0 Å². The van der Waals surface area contributed by atoms with Crippen molar-refractivity contribution in [3.05, 3.63) is 33.4 Å². The number of carbonyl (C=O) groups is 3. The van der Waals surface area contributed by atoms with E-state index in [1.807, 2.05) is 12.1 Å². The number of amides is 2. The lowest BCUT2D eigenvalue weighted by molar-refractivity contribution is -0.158. The van der Waals surface area contributed by atoms with Crippen LogP contribution in [-0.4, -0.2) is 48.4 Å². The van der Waals surface area contributed by atoms with Gasteiger partial charge >= 0.3 is 5.97 Å². The molecule has 0 aromatic heterocycles. The molecule has 0 saturated carbocycles. The normalized spacial score (nSPS) is 16.2. The van der Waals surface area contributed by atoms with Crippen molar-refractivity contribution in [2.75, 3.05) is 19.6 Å². The van der Waals surface area contributed by atoms with Gasteiger partial charge in [0.05, 0.1) is 5.56 Å². The van der Waals surface area contributed by atoms with Crippen molar-refractivity contribution in [3.8, 4) is 0 Å². The molecular weight excluding hydrogens is 435 g/mol. The number of carbonyl (C=O) groups excluding carboxylic acids is 3. The number of halogens is 1. The smallest absolute Gasteiger partial charge is 0.326 e. The van der Waals surface area contributed by atoms with Crippen LogP contribution in [0.5, 0.6) is 0 Å². The van der Waals surface area contributed by atoms with Crippen molar-refractivity contribution in [2.24, 2.45) is 5.92 Å². The minimum absolute atomic E-state index is 0.177. The number of benzene rings is 1. The van der Waals surface area contributed by atoms with Crippen LogP contribution in [0.1, 0.15) is 37.0 Å². The van der Waals surface area contributed by atoms with Crippen LogP contribution >= 0.6 is 22.6 Å². The lowest BCUT2D eigenvalue weighted by Crippen LogP contribution is -2.44. The van der Waals surface area contributed by atoms with E-state index in [9.17, 15) is 14.4 Å². The fourth-order valence-electron chi connectivity index (χ4n) is 2.67. The predicted octanol–water partition coefficient (Wildman–Crippen LogP) is 2.21. The van der Waals surface area contributed by atoms with Gasteiger partial charge in [-0.3, -0.25) is 14.4 Å². The Morgan fingerprint density at radius 3 is 2.56 bits per heavy atom. The number of nitrogens with zero attached hydrogens (tertiary/aromatic N) is 1. The number of likely N-dealkylation sites (tertiary alicyclic amines) is 1. The Labute approximate surface area is 161 Å². The van der Waals surface area contributed by atoms with Crippen LogP contribution in [0.25, 0.3) is 0 Å². The summed E-state index contributed by atoms with van der Waals surface area (Å²) in [6, 6.07) is 7.09. The third-order valence-electron chi connectivity index (χ3n) is 4.26. The Bertz CT molecular complexity index is 642. The molecule has 0 radical (unpaired) electrons. The zero-order chi connectivity index (χ0) is 18.4. The second-order valence-corrected chi connectivity index (χ2v) is 7.46. The molecule has 1 unspecified atom stereocenters. The molecule has 6 nitrogen and oxygen atoms in total. The molecule has 2 rings (SSSR count). The Morgan fingerprint density at radius 1 is 1.28 bits per heavy atom. The number of ether oxygens (including phenoxy) is 1. The molecule has 1 aliphatic rings. The van der Waals surface area contributed by atoms with E-state index < -0.39 is 12.1 Å². The molecular formula is C18H23IN2O4. The zero-order valence-corrected chi connectivity index (χ0v) is 16.6. The molecule has 0 spiro atoms. The van der Waals surface area contributed by atoms with Crippen molar-refractivity contribution >= 4 is 40.4 Å². The molecule has 136 valence electrons. The van der Waals surface area contributed by atoms with Crippen LogP contribution in [0.3, 0.4) is 0 Å². The first-order valence-corrected chi connectivity index (χ1v) is 9.47. The number of hydrogen-bond acceptors (Lipinski definition) is 4. The van der Waals surface area contributed by atoms with Crippen molar-refractivity contribution in [2.45, 2.75) is 32.8 Å². The van der Waals surface area contributed by atoms with Crippen LogP contribution in [0, 0.1) is 9.49 Å². The fraction of sp³-hybridized carbons (Fsp3) is 0.500. The Balaban J connectivity index is 1.78. The molecule has 1 aromatic rings. The van der Waals surface area contributed by atoms with Crippen LogP contribution < -0.4 is 5.32 Å². The molecule has 1 atom stereocenters. The van der Waals surface area contributed by atoms with Crippen LogP contribution in [0.4, 0.5) is 0 Å². The molecule has 7 heteroatoms. The predicted molar refractivity (Wildman–Crippen MR) is 102 cm³/mol. The maximum absolute atomic E-state index is 12.3. The monoisotopic (exact) mass is 458 g/mol. The van der Waals surface area contributed by atoms with E-state index in [4.69, 9.17) is 4.74 Å². The van der Waals surface area contributed by atoms with E-state index in [1.165, 1.54) is 0 Å². The van der Waals surface area contributed by atoms with Gasteiger partial charge in [-0.25, -0.2) is 0 Å². The number of hydrogen-bond donors (Lipinski definition) is 1. The molecule has 25 heavy (non-hydrogen) atoms. The summed E-state index contributed by atoms with van der Waals surface area (Å²) in [7, 11) is 0. The summed E-state index contributed by atoms with van der Waals surface area (Å²) >= 11 is 2.06. The standard InChI is InChI=1S/C18H23IN2O4/c1-12-7-9-21(10-8-12)18(24)13(2)25-16(22)11-20-17(23)14-5-3-4-6-15(14)19/h3-6,12-13H,7-11H2,1-2H3,(H,20,23). The summed E-state index contributed by atoms with van der Waals surface area (Å²) in [6.45, 7) is 4.87. The molecule has 2 amide bonds. The van der Waals surface area contributed by atoms with Gasteiger partial charge in [0.1, 0.15) is 6.54 Å². The highest BCUT2D eigenvalue weighted by Crippen LogP contribution is 2.17. The summed E-state index contributed by atoms with van der Waals surface area (Å²) in [5.74, 6) is -0.515. The van der Waals surface area contributed by atoms with Gasteiger partial charge < -0.3 is 15.0 Å². The zero-order valence-electron chi connectivity index (χ0n) is 14.5. The highest BCUT2D eigenvalue weighted by molar-refractivity contribution is 14.1. The van der Waals surface area contributed by atoms with E-state index in [0.29, 0.717) is 24.6 Å². The van der Waals surface area contributed by atoms with Gasteiger partial charge in [0.25, 0.3) is 11.8 Å². The molecule has 0 bridgehead atoms. The summed E-state index contributed by atoms with van der Waals surface area (Å²) < 4.78 is 5.96. The highest BCUT2D eigenvalue weighted by Gasteiger charge is 2.26. The van der Waals surface area contributed by atoms with E-state index in [2.05, 4.69) is 34.8 Å². The van der Waals surface area contributed by atoms with E-state index in [0.717, 1.165) is 16.4 Å². The van der Waals surface area contributed by atoms with E-state index in [-0.39, 0.29) is 18.4 Å². The number of esters is 1. The first-order valence-electron chi connectivity index (χ1n) is 8.39. The molecule has 1 saturated heterocycles. The second-order valence-electron chi connectivity index (χ2n) is 6.30. The maximum atomic E-state index is 12.3. The minimum atomic E-state index is -0.838. The topological polar surface area (TPSA) is 75.7 Å². The molecule has 1 N–H and O–H groups in total. The molecule has 1 aromatic carbocycles. The summed E-state index contributed by atoms with van der Waals surface area (Å²) in [5.41, 5.74) is 0.502. The van der Waals surface area contributed by atoms with Crippen molar-refractivity contribution in [1.29, 1.82) is 0 Å². The second kappa shape index (κ2) is 9.17. The minimum Gasteiger partial charge on any atom is -0.451 e. The van der Waals surface area contributed by atoms with Gasteiger partial charge in [-0.2, -0.15) is 0 Å². The first-order chi connectivity index (χ1) is 11.9. The van der Waals surface area contributed by atoms with Gasteiger partial charge in [0, 0.05) is 16.7 Å². The lowest BCUT2D eigenvalue weighted by atomic mass is 9.99. The fourth-order valence-corrected chi connectivity index (χ4v) is 3.30. The Kier molecular flexibility index (Phi) is 7.22. The van der Waals surface area contributed by atoms with Crippen molar-refractivity contribution in [1.82, 2.24) is 10.2 Å². The average molecular weight is 458 g/mol. The highest BCUT2D eigenvalue weighted by atomic mass is 127. The van der Waals surface area contributed by atoms with Crippen LogP contribution in [0.2, 0.25) is 0 Å². The lowest BCUT2D eigenvalue weighted by Gasteiger charge is -2.31. The average Bonchev–Trinajstić information content (AvgIpc) is 2.60. The molecule has 0 aliphatic carbocycles. The van der Waals surface area contributed by atoms with E-state index >= 15 is 0 Å². The van der Waals surface area contributed by atoms with Crippen LogP contribution in [-0.2, 0) is 14.3 Å².